The molecule has 4 nitrogen and oxygen atoms in total. The first-order valence-corrected chi connectivity index (χ1v) is 8.73. The van der Waals surface area contributed by atoms with Gasteiger partial charge in [0.15, 0.2) is 11.5 Å². The number of carbonyl (C=O) groups excluding carboxylic acids is 1. The van der Waals surface area contributed by atoms with E-state index in [9.17, 15) is 4.79 Å². The number of fused-ring (bicyclic) bond motifs is 1. The zero-order valence-electron chi connectivity index (χ0n) is 14.3. The average molecular weight is 358 g/mol. The van der Waals surface area contributed by atoms with E-state index in [-0.39, 0.29) is 5.91 Å². The van der Waals surface area contributed by atoms with Crippen molar-refractivity contribution < 1.29 is 14.3 Å². The minimum absolute atomic E-state index is 0.152. The van der Waals surface area contributed by atoms with E-state index in [0.717, 1.165) is 23.2 Å². The second kappa shape index (κ2) is 7.62. The quantitative estimate of drug-likeness (QED) is 0.738. The highest BCUT2D eigenvalue weighted by atomic mass is 35.5. The number of benzene rings is 2. The van der Waals surface area contributed by atoms with Gasteiger partial charge in [-0.25, -0.2) is 0 Å². The van der Waals surface area contributed by atoms with Crippen LogP contribution in [0.5, 0.6) is 11.5 Å². The van der Waals surface area contributed by atoms with E-state index >= 15 is 0 Å². The SMILES string of the molecule is CCCOc1c(C=C2C(=O)Nc3ccc(Cl)cc32)cccc1OCC. The summed E-state index contributed by atoms with van der Waals surface area (Å²) in [7, 11) is 0. The number of ether oxygens (including phenoxy) is 2. The smallest absolute Gasteiger partial charge is 0.256 e. The van der Waals surface area contributed by atoms with Crippen molar-refractivity contribution in [2.75, 3.05) is 18.5 Å². The van der Waals surface area contributed by atoms with Crippen LogP contribution >= 0.6 is 11.6 Å². The fourth-order valence-corrected chi connectivity index (χ4v) is 2.91. The molecule has 1 N–H and O–H groups in total. The van der Waals surface area contributed by atoms with Crippen LogP contribution in [-0.4, -0.2) is 19.1 Å². The Morgan fingerprint density at radius 1 is 1.16 bits per heavy atom. The van der Waals surface area contributed by atoms with Crippen LogP contribution in [0, 0.1) is 0 Å². The van der Waals surface area contributed by atoms with Gasteiger partial charge in [-0.05, 0) is 43.7 Å². The first-order chi connectivity index (χ1) is 12.1. The second-order valence-corrected chi connectivity index (χ2v) is 6.09. The van der Waals surface area contributed by atoms with E-state index < -0.39 is 0 Å². The van der Waals surface area contributed by atoms with Gasteiger partial charge in [0.05, 0.1) is 13.2 Å². The van der Waals surface area contributed by atoms with Crippen molar-refractivity contribution >= 4 is 34.8 Å². The monoisotopic (exact) mass is 357 g/mol. The molecule has 0 bridgehead atoms. The van der Waals surface area contributed by atoms with Crippen molar-refractivity contribution in [3.63, 3.8) is 0 Å². The molecule has 0 aromatic heterocycles. The van der Waals surface area contributed by atoms with Crippen LogP contribution in [0.2, 0.25) is 5.02 Å². The zero-order chi connectivity index (χ0) is 17.8. The van der Waals surface area contributed by atoms with Crippen LogP contribution < -0.4 is 14.8 Å². The molecular formula is C20H20ClNO3. The lowest BCUT2D eigenvalue weighted by Gasteiger charge is -2.14. The van der Waals surface area contributed by atoms with Crippen LogP contribution in [0.4, 0.5) is 5.69 Å². The molecule has 0 radical (unpaired) electrons. The molecule has 2 aromatic carbocycles. The molecule has 0 saturated heterocycles. The number of rotatable bonds is 6. The molecule has 0 spiro atoms. The van der Waals surface area contributed by atoms with Crippen LogP contribution in [0.3, 0.4) is 0 Å². The van der Waals surface area contributed by atoms with Gasteiger partial charge in [-0.3, -0.25) is 4.79 Å². The Labute approximate surface area is 152 Å². The summed E-state index contributed by atoms with van der Waals surface area (Å²) in [5.41, 5.74) is 2.92. The highest BCUT2D eigenvalue weighted by Crippen LogP contribution is 2.38. The Bertz CT molecular complexity index is 830. The van der Waals surface area contributed by atoms with E-state index in [1.165, 1.54) is 0 Å². The Kier molecular flexibility index (Phi) is 5.29. The molecule has 5 heteroatoms. The third-order valence-electron chi connectivity index (χ3n) is 3.82. The summed E-state index contributed by atoms with van der Waals surface area (Å²) in [6.07, 6.45) is 2.71. The molecule has 1 heterocycles. The van der Waals surface area contributed by atoms with Crippen molar-refractivity contribution in [2.45, 2.75) is 20.3 Å². The molecule has 3 rings (SSSR count). The second-order valence-electron chi connectivity index (χ2n) is 5.66. The molecule has 1 amide bonds. The number of para-hydroxylation sites is 1. The largest absolute Gasteiger partial charge is 0.490 e. The molecule has 2 aromatic rings. The number of halogens is 1. The lowest BCUT2D eigenvalue weighted by Crippen LogP contribution is -2.04. The van der Waals surface area contributed by atoms with Gasteiger partial charge in [0.25, 0.3) is 5.91 Å². The van der Waals surface area contributed by atoms with Crippen LogP contribution in [-0.2, 0) is 4.79 Å². The van der Waals surface area contributed by atoms with Gasteiger partial charge < -0.3 is 14.8 Å². The number of anilines is 1. The van der Waals surface area contributed by atoms with Gasteiger partial charge in [0, 0.05) is 27.4 Å². The number of hydrogen-bond acceptors (Lipinski definition) is 3. The minimum Gasteiger partial charge on any atom is -0.490 e. The van der Waals surface area contributed by atoms with Crippen LogP contribution in [0.15, 0.2) is 36.4 Å². The average Bonchev–Trinajstić information content (AvgIpc) is 2.90. The first-order valence-electron chi connectivity index (χ1n) is 8.35. The van der Waals surface area contributed by atoms with Gasteiger partial charge >= 0.3 is 0 Å². The van der Waals surface area contributed by atoms with Crippen molar-refractivity contribution in [3.05, 3.63) is 52.5 Å². The first kappa shape index (κ1) is 17.4. The Morgan fingerprint density at radius 2 is 2.00 bits per heavy atom. The molecule has 0 saturated carbocycles. The zero-order valence-corrected chi connectivity index (χ0v) is 15.0. The van der Waals surface area contributed by atoms with Crippen molar-refractivity contribution in [2.24, 2.45) is 0 Å². The normalized spacial score (nSPS) is 14.4. The van der Waals surface area contributed by atoms with Crippen molar-refractivity contribution in [1.82, 2.24) is 0 Å². The highest BCUT2D eigenvalue weighted by Gasteiger charge is 2.25. The fraction of sp³-hybridized carbons (Fsp3) is 0.250. The van der Waals surface area contributed by atoms with Crippen molar-refractivity contribution in [3.8, 4) is 11.5 Å². The molecule has 130 valence electrons. The summed E-state index contributed by atoms with van der Waals surface area (Å²) in [5, 5.41) is 3.45. The van der Waals surface area contributed by atoms with Gasteiger partial charge in [-0.1, -0.05) is 30.7 Å². The fourth-order valence-electron chi connectivity index (χ4n) is 2.73. The number of amides is 1. The number of carbonyl (C=O) groups is 1. The Hall–Kier alpha value is -2.46. The van der Waals surface area contributed by atoms with Crippen LogP contribution in [0.1, 0.15) is 31.4 Å². The van der Waals surface area contributed by atoms with Gasteiger partial charge in [-0.15, -0.1) is 0 Å². The van der Waals surface area contributed by atoms with E-state index in [2.05, 4.69) is 5.32 Å². The topological polar surface area (TPSA) is 47.6 Å². The maximum absolute atomic E-state index is 12.4. The molecular weight excluding hydrogens is 338 g/mol. The summed E-state index contributed by atoms with van der Waals surface area (Å²) in [6, 6.07) is 11.0. The maximum Gasteiger partial charge on any atom is 0.256 e. The van der Waals surface area contributed by atoms with E-state index in [0.29, 0.717) is 35.3 Å². The standard InChI is InChI=1S/C20H20ClNO3/c1-3-10-25-19-13(6-5-7-18(19)24-4-2)11-16-15-12-14(21)8-9-17(15)22-20(16)23/h5-9,11-12H,3-4,10H2,1-2H3,(H,22,23). The molecule has 0 unspecified atom stereocenters. The summed E-state index contributed by atoms with van der Waals surface area (Å²) in [5.74, 6) is 1.18. The number of nitrogens with one attached hydrogen (secondary N) is 1. The summed E-state index contributed by atoms with van der Waals surface area (Å²) in [6.45, 7) is 5.10. The minimum atomic E-state index is -0.152. The van der Waals surface area contributed by atoms with E-state index in [1.807, 2.05) is 44.2 Å². The van der Waals surface area contributed by atoms with Gasteiger partial charge in [-0.2, -0.15) is 0 Å². The predicted molar refractivity (Wildman–Crippen MR) is 101 cm³/mol. The van der Waals surface area contributed by atoms with Crippen LogP contribution in [0.25, 0.3) is 11.6 Å². The lowest BCUT2D eigenvalue weighted by atomic mass is 10.0. The van der Waals surface area contributed by atoms with Gasteiger partial charge in [0.1, 0.15) is 0 Å². The molecule has 0 atom stereocenters. The third kappa shape index (κ3) is 3.64. The predicted octanol–water partition coefficient (Wildman–Crippen LogP) is 5.02. The van der Waals surface area contributed by atoms with Crippen molar-refractivity contribution in [1.29, 1.82) is 0 Å². The molecule has 0 fully saturated rings. The maximum atomic E-state index is 12.4. The number of hydrogen-bond donors (Lipinski definition) is 1. The third-order valence-corrected chi connectivity index (χ3v) is 4.06. The van der Waals surface area contributed by atoms with Gasteiger partial charge in [0.2, 0.25) is 0 Å². The van der Waals surface area contributed by atoms with E-state index in [4.69, 9.17) is 21.1 Å². The highest BCUT2D eigenvalue weighted by molar-refractivity contribution is 6.36. The summed E-state index contributed by atoms with van der Waals surface area (Å²) in [4.78, 5) is 12.4. The van der Waals surface area contributed by atoms with E-state index in [1.54, 1.807) is 12.1 Å². The summed E-state index contributed by atoms with van der Waals surface area (Å²) >= 11 is 6.09. The molecule has 1 aliphatic rings. The Morgan fingerprint density at radius 3 is 2.76 bits per heavy atom. The molecule has 0 aliphatic carbocycles. The Balaban J connectivity index is 2.08. The molecule has 25 heavy (non-hydrogen) atoms. The lowest BCUT2D eigenvalue weighted by molar-refractivity contribution is -0.110. The summed E-state index contributed by atoms with van der Waals surface area (Å²) < 4.78 is 11.6. The molecule has 1 aliphatic heterocycles.